The lowest BCUT2D eigenvalue weighted by Gasteiger charge is -2.34. The molecule has 96 valence electrons. The van der Waals surface area contributed by atoms with E-state index in [1.54, 1.807) is 0 Å². The molecule has 0 N–H and O–H groups in total. The molecule has 1 nitrogen and oxygen atoms in total. The van der Waals surface area contributed by atoms with Gasteiger partial charge in [-0.1, -0.05) is 36.4 Å². The van der Waals surface area contributed by atoms with E-state index in [2.05, 4.69) is 63.3 Å². The molecule has 0 aromatic heterocycles. The second kappa shape index (κ2) is 8.48. The van der Waals surface area contributed by atoms with Gasteiger partial charge in [-0.2, -0.15) is 0 Å². The van der Waals surface area contributed by atoms with Crippen molar-refractivity contribution in [2.75, 3.05) is 26.2 Å². The van der Waals surface area contributed by atoms with Crippen molar-refractivity contribution in [2.45, 2.75) is 20.8 Å². The third-order valence-corrected chi connectivity index (χ3v) is 3.62. The Morgan fingerprint density at radius 2 is 1.47 bits per heavy atom. The van der Waals surface area contributed by atoms with Gasteiger partial charge < -0.3 is 21.5 Å². The zero-order valence-corrected chi connectivity index (χ0v) is 12.8. The fraction of sp³-hybridized carbons (Fsp3) is 0.467. The van der Waals surface area contributed by atoms with Gasteiger partial charge in [0.25, 0.3) is 0 Å². The number of nitrogens with zero attached hydrogens (tertiary/aromatic N) is 1. The lowest BCUT2D eigenvalue weighted by atomic mass is 10.2. The molecule has 1 aromatic rings. The molecule has 0 unspecified atom stereocenters. The molecule has 0 radical (unpaired) electrons. The van der Waals surface area contributed by atoms with Gasteiger partial charge in [-0.15, -0.1) is 0 Å². The maximum Gasteiger partial charge on any atom is 0.0976 e. The monoisotopic (exact) mass is 297 g/mol. The fourth-order valence-corrected chi connectivity index (χ4v) is 2.03. The third-order valence-electron chi connectivity index (χ3n) is 3.62. The van der Waals surface area contributed by atoms with Crippen molar-refractivity contribution >= 4 is 6.08 Å². The Hall–Kier alpha value is -0.600. The molecule has 1 aromatic carbocycles. The molecule has 0 aliphatic carbocycles. The maximum absolute atomic E-state index is 2.31. The summed E-state index contributed by atoms with van der Waals surface area (Å²) in [7, 11) is 0. The Morgan fingerprint density at radius 3 is 1.94 bits per heavy atom. The summed E-state index contributed by atoms with van der Waals surface area (Å²) in [6.07, 6.45) is 4.54. The summed E-state index contributed by atoms with van der Waals surface area (Å²) in [5, 5.41) is 0. The van der Waals surface area contributed by atoms with Crippen LogP contribution in [0, 0.1) is 0 Å². The zero-order valence-electron chi connectivity index (χ0n) is 11.2. The van der Waals surface area contributed by atoms with E-state index in [0.717, 1.165) is 6.54 Å². The van der Waals surface area contributed by atoms with Crippen LogP contribution in [0.5, 0.6) is 0 Å². The molecule has 0 atom stereocenters. The van der Waals surface area contributed by atoms with Crippen molar-refractivity contribution in [3.8, 4) is 0 Å². The summed E-state index contributed by atoms with van der Waals surface area (Å²) < 4.78 is 1.18. The van der Waals surface area contributed by atoms with Crippen LogP contribution in [0.1, 0.15) is 26.3 Å². The molecule has 17 heavy (non-hydrogen) atoms. The normalized spacial score (nSPS) is 11.5. The predicted octanol–water partition coefficient (Wildman–Crippen LogP) is 0.580. The summed E-state index contributed by atoms with van der Waals surface area (Å²) in [4.78, 5) is 0. The maximum atomic E-state index is 2.31. The van der Waals surface area contributed by atoms with E-state index in [4.69, 9.17) is 0 Å². The molecule has 0 aliphatic rings. The van der Waals surface area contributed by atoms with Crippen LogP contribution in [0.25, 0.3) is 6.08 Å². The minimum atomic E-state index is 0. The highest BCUT2D eigenvalue weighted by atomic mass is 79.9. The van der Waals surface area contributed by atoms with Crippen LogP contribution < -0.4 is 17.0 Å². The molecular weight excluding hydrogens is 274 g/mol. The number of rotatable bonds is 6. The Bertz CT molecular complexity index is 307. The zero-order chi connectivity index (χ0) is 11.9. The minimum Gasteiger partial charge on any atom is -1.00 e. The van der Waals surface area contributed by atoms with E-state index in [0.29, 0.717) is 0 Å². The molecule has 0 bridgehead atoms. The third kappa shape index (κ3) is 5.05. The highest BCUT2D eigenvalue weighted by Crippen LogP contribution is 2.07. The Kier molecular flexibility index (Phi) is 8.19. The van der Waals surface area contributed by atoms with Crippen molar-refractivity contribution in [2.24, 2.45) is 0 Å². The summed E-state index contributed by atoms with van der Waals surface area (Å²) in [5.41, 5.74) is 1.30. The quantitative estimate of drug-likeness (QED) is 0.674. The second-order valence-corrected chi connectivity index (χ2v) is 4.29. The molecule has 0 spiro atoms. The largest absolute Gasteiger partial charge is 1.00 e. The Morgan fingerprint density at radius 1 is 0.941 bits per heavy atom. The molecule has 0 saturated carbocycles. The van der Waals surface area contributed by atoms with E-state index in [9.17, 15) is 0 Å². The Labute approximate surface area is 117 Å². The number of quaternary nitrogens is 1. The number of likely N-dealkylation sites (N-methyl/N-ethyl adjacent to an activating group) is 1. The first-order valence-electron chi connectivity index (χ1n) is 6.33. The average Bonchev–Trinajstić information content (AvgIpc) is 2.37. The molecule has 1 rings (SSSR count). The summed E-state index contributed by atoms with van der Waals surface area (Å²) in [6.45, 7) is 11.6. The van der Waals surface area contributed by atoms with Crippen molar-refractivity contribution in [1.82, 2.24) is 0 Å². The van der Waals surface area contributed by atoms with E-state index >= 15 is 0 Å². The van der Waals surface area contributed by atoms with Crippen molar-refractivity contribution in [1.29, 1.82) is 0 Å². The summed E-state index contributed by atoms with van der Waals surface area (Å²) in [6, 6.07) is 10.5. The predicted molar refractivity (Wildman–Crippen MR) is 72.2 cm³/mol. The van der Waals surface area contributed by atoms with E-state index < -0.39 is 0 Å². The van der Waals surface area contributed by atoms with Gasteiger partial charge in [0.2, 0.25) is 0 Å². The van der Waals surface area contributed by atoms with Gasteiger partial charge in [0, 0.05) is 0 Å². The molecule has 0 heterocycles. The molecule has 2 heteroatoms. The van der Waals surface area contributed by atoms with Crippen LogP contribution in [-0.2, 0) is 0 Å². The van der Waals surface area contributed by atoms with Crippen LogP contribution >= 0.6 is 0 Å². The number of hydrogen-bond acceptors (Lipinski definition) is 0. The highest BCUT2D eigenvalue weighted by molar-refractivity contribution is 5.48. The van der Waals surface area contributed by atoms with Crippen LogP contribution in [-0.4, -0.2) is 30.7 Å². The lowest BCUT2D eigenvalue weighted by Crippen LogP contribution is -3.00. The highest BCUT2D eigenvalue weighted by Gasteiger charge is 2.17. The van der Waals surface area contributed by atoms with Gasteiger partial charge in [0.15, 0.2) is 0 Å². The first kappa shape index (κ1) is 16.4. The fourth-order valence-electron chi connectivity index (χ4n) is 2.03. The summed E-state index contributed by atoms with van der Waals surface area (Å²) >= 11 is 0. The molecular formula is C15H24BrN. The van der Waals surface area contributed by atoms with Crippen LogP contribution in [0.3, 0.4) is 0 Å². The number of hydrogen-bond donors (Lipinski definition) is 0. The SMILES string of the molecule is CC[N+](CC)(CC)CC=Cc1ccccc1.[Br-]. The van der Waals surface area contributed by atoms with E-state index in [1.807, 2.05) is 0 Å². The van der Waals surface area contributed by atoms with Gasteiger partial charge in [0.05, 0.1) is 26.2 Å². The van der Waals surface area contributed by atoms with Gasteiger partial charge >= 0.3 is 0 Å². The molecule has 0 saturated heterocycles. The summed E-state index contributed by atoms with van der Waals surface area (Å²) in [5.74, 6) is 0. The van der Waals surface area contributed by atoms with Crippen molar-refractivity contribution in [3.63, 3.8) is 0 Å². The average molecular weight is 298 g/mol. The van der Waals surface area contributed by atoms with Gasteiger partial charge in [-0.05, 0) is 32.4 Å². The Balaban J connectivity index is 0.00000256. The van der Waals surface area contributed by atoms with Gasteiger partial charge in [0.1, 0.15) is 0 Å². The van der Waals surface area contributed by atoms with Crippen LogP contribution in [0.4, 0.5) is 0 Å². The lowest BCUT2D eigenvalue weighted by molar-refractivity contribution is -0.917. The molecule has 0 fully saturated rings. The van der Waals surface area contributed by atoms with Gasteiger partial charge in [-0.25, -0.2) is 0 Å². The topological polar surface area (TPSA) is 0 Å². The first-order valence-corrected chi connectivity index (χ1v) is 6.33. The number of benzene rings is 1. The van der Waals surface area contributed by atoms with E-state index in [1.165, 1.54) is 29.7 Å². The molecule has 0 amide bonds. The smallest absolute Gasteiger partial charge is 0.0976 e. The number of halogens is 1. The first-order chi connectivity index (χ1) is 7.76. The van der Waals surface area contributed by atoms with Crippen molar-refractivity contribution < 1.29 is 21.5 Å². The molecule has 0 aliphatic heterocycles. The van der Waals surface area contributed by atoms with Gasteiger partial charge in [-0.3, -0.25) is 0 Å². The van der Waals surface area contributed by atoms with Crippen LogP contribution in [0.15, 0.2) is 36.4 Å². The second-order valence-electron chi connectivity index (χ2n) is 4.29. The van der Waals surface area contributed by atoms with E-state index in [-0.39, 0.29) is 17.0 Å². The minimum absolute atomic E-state index is 0. The standard InChI is InChI=1S/C15H24N.BrH/c1-4-16(5-2,6-3)14-10-13-15-11-8-7-9-12-15;/h7-13H,4-6,14H2,1-3H3;1H/q+1;/p-1. The van der Waals surface area contributed by atoms with Crippen LogP contribution in [0.2, 0.25) is 0 Å². The van der Waals surface area contributed by atoms with Crippen molar-refractivity contribution in [3.05, 3.63) is 42.0 Å².